The largest absolute Gasteiger partial charge is 0.369 e. The van der Waals surface area contributed by atoms with Gasteiger partial charge in [0.05, 0.1) is 6.04 Å². The molecule has 3 aliphatic rings. The molecule has 2 fully saturated rings. The van der Waals surface area contributed by atoms with Gasteiger partial charge in [-0.2, -0.15) is 9.78 Å². The van der Waals surface area contributed by atoms with Crippen molar-refractivity contribution in [3.63, 3.8) is 0 Å². The van der Waals surface area contributed by atoms with E-state index >= 15 is 0 Å². The first-order valence-corrected chi connectivity index (χ1v) is 3.70. The second-order valence-corrected chi connectivity index (χ2v) is 3.11. The molecule has 0 aromatic rings. The maximum Gasteiger partial charge on any atom is 0.257 e. The first kappa shape index (κ1) is 5.16. The van der Waals surface area contributed by atoms with Crippen LogP contribution in [0.15, 0.2) is 12.3 Å². The fourth-order valence-corrected chi connectivity index (χ4v) is 1.78. The Kier molecular flexibility index (Phi) is 0.712. The van der Waals surface area contributed by atoms with E-state index in [4.69, 9.17) is 9.78 Å². The molecule has 0 N–H and O–H groups in total. The predicted octanol–water partition coefficient (Wildman–Crippen LogP) is 0.636. The molecule has 0 aromatic heterocycles. The molecule has 10 heavy (non-hydrogen) atoms. The van der Waals surface area contributed by atoms with Crippen molar-refractivity contribution in [3.05, 3.63) is 12.3 Å². The predicted molar refractivity (Wildman–Crippen MR) is 33.8 cm³/mol. The van der Waals surface area contributed by atoms with Gasteiger partial charge in [-0.25, -0.2) is 0 Å². The van der Waals surface area contributed by atoms with E-state index in [0.29, 0.717) is 6.04 Å². The molecule has 3 rings (SSSR count). The van der Waals surface area contributed by atoms with Crippen molar-refractivity contribution in [1.29, 1.82) is 0 Å². The second kappa shape index (κ2) is 1.38. The van der Waals surface area contributed by atoms with Crippen LogP contribution < -0.4 is 0 Å². The molecule has 2 saturated heterocycles. The Labute approximate surface area is 59.1 Å². The minimum absolute atomic E-state index is 0.215. The number of nitrogens with zero attached hydrogens (tertiary/aromatic N) is 1. The molecule has 3 heteroatoms. The highest BCUT2D eigenvalue weighted by molar-refractivity contribution is 5.10. The minimum atomic E-state index is -0.215. The summed E-state index contributed by atoms with van der Waals surface area (Å²) in [5, 5.41) is 0. The zero-order valence-electron chi connectivity index (χ0n) is 5.62. The average Bonchev–Trinajstić information content (AvgIpc) is 2.57. The number of hydrogen-bond acceptors (Lipinski definition) is 3. The summed E-state index contributed by atoms with van der Waals surface area (Å²) in [6, 6.07) is 0.512. The minimum Gasteiger partial charge on any atom is -0.369 e. The van der Waals surface area contributed by atoms with E-state index in [-0.39, 0.29) is 5.79 Å². The van der Waals surface area contributed by atoms with E-state index in [1.807, 2.05) is 0 Å². The van der Waals surface area contributed by atoms with Crippen molar-refractivity contribution in [2.45, 2.75) is 24.7 Å². The molecule has 3 aliphatic heterocycles. The zero-order valence-corrected chi connectivity index (χ0v) is 5.62. The molecule has 0 aliphatic carbocycles. The Balaban J connectivity index is 1.94. The van der Waals surface area contributed by atoms with Crippen LogP contribution in [0.1, 0.15) is 12.8 Å². The van der Waals surface area contributed by atoms with Crippen LogP contribution in [0.2, 0.25) is 0 Å². The second-order valence-electron chi connectivity index (χ2n) is 3.11. The topological polar surface area (TPSA) is 28.3 Å². The molecule has 1 atom stereocenters. The molecule has 1 unspecified atom stereocenters. The van der Waals surface area contributed by atoms with Crippen LogP contribution in [0.5, 0.6) is 0 Å². The molecule has 0 aromatic carbocycles. The molecular formula is C7H9NO2. The van der Waals surface area contributed by atoms with Crippen LogP contribution in [0.25, 0.3) is 0 Å². The van der Waals surface area contributed by atoms with Gasteiger partial charge in [-0.15, -0.1) is 0 Å². The molecule has 54 valence electrons. The Morgan fingerprint density at radius 2 is 2.40 bits per heavy atom. The lowest BCUT2D eigenvalue weighted by atomic mass is 9.90. The van der Waals surface area contributed by atoms with Gasteiger partial charge in [0, 0.05) is 13.0 Å². The quantitative estimate of drug-likeness (QED) is 0.364. The number of fused-ring (bicyclic) bond motifs is 2. The first-order valence-electron chi connectivity index (χ1n) is 3.70. The van der Waals surface area contributed by atoms with Gasteiger partial charge in [-0.1, -0.05) is 6.08 Å². The van der Waals surface area contributed by atoms with Gasteiger partial charge in [0.25, 0.3) is 5.79 Å². The number of hydrogen-bond donors (Lipinski definition) is 0. The molecule has 0 radical (unpaired) electrons. The van der Waals surface area contributed by atoms with E-state index in [0.717, 1.165) is 13.0 Å². The summed E-state index contributed by atoms with van der Waals surface area (Å²) in [4.78, 5) is 12.2. The first-order chi connectivity index (χ1) is 4.91. The molecular weight excluding hydrogens is 130 g/mol. The van der Waals surface area contributed by atoms with Crippen molar-refractivity contribution in [2.75, 3.05) is 6.54 Å². The normalized spacial score (nSPS) is 39.2. The lowest BCUT2D eigenvalue weighted by Crippen LogP contribution is -2.54. The van der Waals surface area contributed by atoms with Crippen molar-refractivity contribution >= 4 is 0 Å². The van der Waals surface area contributed by atoms with Crippen LogP contribution in [0.4, 0.5) is 0 Å². The molecule has 3 heterocycles. The van der Waals surface area contributed by atoms with Crippen molar-refractivity contribution in [2.24, 2.45) is 0 Å². The fraction of sp³-hybridized carbons (Fsp3) is 0.714. The Bertz CT molecular complexity index is 198. The molecule has 3 nitrogen and oxygen atoms in total. The Hall–Kier alpha value is -0.540. The summed E-state index contributed by atoms with van der Waals surface area (Å²) in [6.45, 7) is 1.16. The summed E-state index contributed by atoms with van der Waals surface area (Å²) in [5.74, 6) is -0.215. The molecule has 0 saturated carbocycles. The highest BCUT2D eigenvalue weighted by Gasteiger charge is 2.60. The van der Waals surface area contributed by atoms with Gasteiger partial charge >= 0.3 is 0 Å². The fourth-order valence-electron chi connectivity index (χ4n) is 1.78. The molecule has 0 bridgehead atoms. The van der Waals surface area contributed by atoms with E-state index < -0.39 is 0 Å². The average molecular weight is 139 g/mol. The van der Waals surface area contributed by atoms with E-state index in [1.165, 1.54) is 6.42 Å². The van der Waals surface area contributed by atoms with E-state index in [1.54, 1.807) is 0 Å². The summed E-state index contributed by atoms with van der Waals surface area (Å²) >= 11 is 0. The monoisotopic (exact) mass is 139 g/mol. The van der Waals surface area contributed by atoms with Gasteiger partial charge in [-0.05, 0) is 12.6 Å². The SMILES string of the molecule is C1=CN2CCC2C2(C1)OO2. The third-order valence-electron chi connectivity index (χ3n) is 2.57. The van der Waals surface area contributed by atoms with Crippen molar-refractivity contribution < 1.29 is 9.78 Å². The molecule has 0 amide bonds. The van der Waals surface area contributed by atoms with Gasteiger partial charge in [0.2, 0.25) is 0 Å². The summed E-state index contributed by atoms with van der Waals surface area (Å²) in [5.41, 5.74) is 0. The van der Waals surface area contributed by atoms with Crippen LogP contribution in [0.3, 0.4) is 0 Å². The summed E-state index contributed by atoms with van der Waals surface area (Å²) < 4.78 is 0. The van der Waals surface area contributed by atoms with Crippen LogP contribution in [0, 0.1) is 0 Å². The smallest absolute Gasteiger partial charge is 0.257 e. The summed E-state index contributed by atoms with van der Waals surface area (Å²) in [6.07, 6.45) is 6.39. The number of rotatable bonds is 0. The highest BCUT2D eigenvalue weighted by atomic mass is 17.4. The zero-order chi connectivity index (χ0) is 6.60. The van der Waals surface area contributed by atoms with Crippen LogP contribution in [-0.4, -0.2) is 23.3 Å². The third-order valence-corrected chi connectivity index (χ3v) is 2.57. The van der Waals surface area contributed by atoms with Gasteiger partial charge in [0.15, 0.2) is 0 Å². The lowest BCUT2D eigenvalue weighted by Gasteiger charge is -2.43. The standard InChI is InChI=1S/C7H9NO2/c1-3-7(9-10-7)6-2-5-8(6)4-1/h1,4,6H,2-3,5H2. The van der Waals surface area contributed by atoms with Crippen molar-refractivity contribution in [1.82, 2.24) is 4.90 Å². The molecule has 1 spiro atoms. The van der Waals surface area contributed by atoms with Gasteiger partial charge in [-0.3, -0.25) is 0 Å². The van der Waals surface area contributed by atoms with Crippen molar-refractivity contribution in [3.8, 4) is 0 Å². The Morgan fingerprint density at radius 1 is 1.50 bits per heavy atom. The van der Waals surface area contributed by atoms with Gasteiger partial charge in [0.1, 0.15) is 0 Å². The third kappa shape index (κ3) is 0.445. The Morgan fingerprint density at radius 3 is 2.90 bits per heavy atom. The van der Waals surface area contributed by atoms with Crippen LogP contribution in [-0.2, 0) is 9.78 Å². The maximum absolute atomic E-state index is 4.98. The van der Waals surface area contributed by atoms with E-state index in [2.05, 4.69) is 17.2 Å². The van der Waals surface area contributed by atoms with Gasteiger partial charge < -0.3 is 4.90 Å². The lowest BCUT2D eigenvalue weighted by molar-refractivity contribution is 0.0549. The summed E-state index contributed by atoms with van der Waals surface area (Å²) in [7, 11) is 0. The van der Waals surface area contributed by atoms with Crippen LogP contribution >= 0.6 is 0 Å². The maximum atomic E-state index is 4.98. The van der Waals surface area contributed by atoms with E-state index in [9.17, 15) is 0 Å². The highest BCUT2D eigenvalue weighted by Crippen LogP contribution is 2.46.